The number of rotatable bonds is 15. The molecule has 11 nitrogen and oxygen atoms in total. The molecule has 45 heavy (non-hydrogen) atoms. The first-order valence-electron chi connectivity index (χ1n) is 15.6. The monoisotopic (exact) mass is 647 g/mol. The zero-order valence-corrected chi connectivity index (χ0v) is 26.8. The van der Waals surface area contributed by atoms with Crippen molar-refractivity contribution in [2.45, 2.75) is 112 Å². The average Bonchev–Trinajstić information content (AvgIpc) is 3.04. The SMILES string of the molecule is CCCCOC1[C@@H](OCCCC)C(C(=O)O)O[C@@H](O[C@@H]2C(C)O[C@@H](Sc3ccccc3)[C@@H](N)C2O)[C@H]1OC(=O)c1ccccc1. The average molecular weight is 648 g/mol. The molecule has 2 saturated heterocycles. The Kier molecular flexibility index (Phi) is 13.6. The van der Waals surface area contributed by atoms with Gasteiger partial charge in [-0.1, -0.05) is 74.8 Å². The number of nitrogens with two attached hydrogens (primary N) is 1. The second-order valence-corrected chi connectivity index (χ2v) is 12.4. The highest BCUT2D eigenvalue weighted by molar-refractivity contribution is 7.99. The van der Waals surface area contributed by atoms with Crippen LogP contribution in [0.3, 0.4) is 0 Å². The van der Waals surface area contributed by atoms with Crippen molar-refractivity contribution in [3.05, 3.63) is 66.2 Å². The van der Waals surface area contributed by atoms with E-state index in [-0.39, 0.29) is 18.8 Å². The Morgan fingerprint density at radius 3 is 2.07 bits per heavy atom. The number of carbonyl (C=O) groups is 2. The quantitative estimate of drug-likeness (QED) is 0.189. The van der Waals surface area contributed by atoms with E-state index in [4.69, 9.17) is 34.2 Å². The Labute approximate surface area is 268 Å². The van der Waals surface area contributed by atoms with Gasteiger partial charge in [0.05, 0.1) is 17.7 Å². The summed E-state index contributed by atoms with van der Waals surface area (Å²) in [5, 5.41) is 21.6. The predicted octanol–water partition coefficient (Wildman–Crippen LogP) is 4.00. The molecule has 4 rings (SSSR count). The van der Waals surface area contributed by atoms with Crippen molar-refractivity contribution in [3.63, 3.8) is 0 Å². The van der Waals surface area contributed by atoms with E-state index < -0.39 is 72.4 Å². The maximum atomic E-state index is 13.4. The molecule has 4 unspecified atom stereocenters. The minimum Gasteiger partial charge on any atom is -0.479 e. The van der Waals surface area contributed by atoms with Crippen LogP contribution in [0.2, 0.25) is 0 Å². The van der Waals surface area contributed by atoms with Gasteiger partial charge in [-0.05, 0) is 44.0 Å². The number of esters is 1. The molecule has 0 radical (unpaired) electrons. The van der Waals surface area contributed by atoms with E-state index in [0.717, 1.165) is 17.7 Å². The van der Waals surface area contributed by atoms with E-state index in [1.165, 1.54) is 11.8 Å². The van der Waals surface area contributed by atoms with Gasteiger partial charge in [0, 0.05) is 18.1 Å². The third-order valence-electron chi connectivity index (χ3n) is 7.75. The van der Waals surface area contributed by atoms with Crippen LogP contribution in [-0.2, 0) is 33.2 Å². The van der Waals surface area contributed by atoms with E-state index in [9.17, 15) is 19.8 Å². The highest BCUT2D eigenvalue weighted by Gasteiger charge is 2.55. The molecule has 2 aromatic rings. The number of carboxylic acid groups (broad SMARTS) is 1. The Morgan fingerprint density at radius 2 is 1.47 bits per heavy atom. The van der Waals surface area contributed by atoms with E-state index in [0.29, 0.717) is 12.8 Å². The Morgan fingerprint density at radius 1 is 0.867 bits per heavy atom. The standard InChI is InChI=1S/C33H45NO10S/c1-4-6-18-39-26-27(40-19-7-5-2)29(42-31(38)21-14-10-8-11-15-21)32(44-28(26)30(36)37)43-25-20(3)41-33(23(34)24(25)35)45-22-16-12-9-13-17-22/h8-17,20,23-29,32-33,35H,4-7,18-19,34H2,1-3H3,(H,36,37)/t20?,23-,24?,25+,26+,27?,28?,29-,32+,33-/m0/s1. The second kappa shape index (κ2) is 17.4. The normalized spacial score (nSPS) is 31.8. The van der Waals surface area contributed by atoms with Crippen LogP contribution in [0, 0.1) is 0 Å². The van der Waals surface area contributed by atoms with Crippen LogP contribution in [0.1, 0.15) is 56.8 Å². The molecule has 2 fully saturated rings. The summed E-state index contributed by atoms with van der Waals surface area (Å²) in [6, 6.07) is 17.1. The number of ether oxygens (including phenoxy) is 6. The summed E-state index contributed by atoms with van der Waals surface area (Å²) in [7, 11) is 0. The molecule has 248 valence electrons. The molecule has 0 aliphatic carbocycles. The lowest BCUT2D eigenvalue weighted by Gasteiger charge is -2.47. The summed E-state index contributed by atoms with van der Waals surface area (Å²) in [5.74, 6) is -1.96. The fraction of sp³-hybridized carbons (Fsp3) is 0.576. The van der Waals surface area contributed by atoms with Gasteiger partial charge in [-0.3, -0.25) is 0 Å². The maximum Gasteiger partial charge on any atom is 0.338 e. The molecule has 2 aliphatic heterocycles. The van der Waals surface area contributed by atoms with Crippen LogP contribution in [-0.4, -0.2) is 95.9 Å². The number of aliphatic hydroxyl groups is 1. The molecule has 0 bridgehead atoms. The molecule has 0 amide bonds. The molecule has 0 saturated carbocycles. The highest BCUT2D eigenvalue weighted by Crippen LogP contribution is 2.36. The number of thioether (sulfide) groups is 1. The third-order valence-corrected chi connectivity index (χ3v) is 8.95. The van der Waals surface area contributed by atoms with Gasteiger partial charge in [-0.2, -0.15) is 0 Å². The van der Waals surface area contributed by atoms with Crippen LogP contribution in [0.25, 0.3) is 0 Å². The fourth-order valence-corrected chi connectivity index (χ4v) is 6.36. The molecular formula is C33H45NO10S. The molecular weight excluding hydrogens is 602 g/mol. The summed E-state index contributed by atoms with van der Waals surface area (Å²) in [5.41, 5.74) is 6.16. The smallest absolute Gasteiger partial charge is 0.338 e. The van der Waals surface area contributed by atoms with Gasteiger partial charge in [0.1, 0.15) is 29.9 Å². The van der Waals surface area contributed by atoms with Crippen LogP contribution in [0.4, 0.5) is 0 Å². The first-order valence-corrected chi connectivity index (χ1v) is 16.5. The Bertz CT molecular complexity index is 1190. The van der Waals surface area contributed by atoms with Crippen LogP contribution < -0.4 is 5.73 Å². The summed E-state index contributed by atoms with van der Waals surface area (Å²) in [4.78, 5) is 26.8. The number of benzene rings is 2. The fourth-order valence-electron chi connectivity index (χ4n) is 5.23. The topological polar surface area (TPSA) is 156 Å². The maximum absolute atomic E-state index is 13.4. The molecule has 4 N–H and O–H groups in total. The summed E-state index contributed by atoms with van der Waals surface area (Å²) < 4.78 is 36.8. The molecule has 0 spiro atoms. The van der Waals surface area contributed by atoms with Gasteiger partial charge < -0.3 is 44.4 Å². The van der Waals surface area contributed by atoms with Crippen molar-refractivity contribution in [2.24, 2.45) is 5.73 Å². The van der Waals surface area contributed by atoms with Gasteiger partial charge in [-0.15, -0.1) is 0 Å². The van der Waals surface area contributed by atoms with Crippen molar-refractivity contribution in [1.29, 1.82) is 0 Å². The van der Waals surface area contributed by atoms with Crippen molar-refractivity contribution < 1.29 is 48.2 Å². The van der Waals surface area contributed by atoms with Crippen LogP contribution in [0.15, 0.2) is 65.6 Å². The molecule has 12 heteroatoms. The van der Waals surface area contributed by atoms with Crippen LogP contribution in [0.5, 0.6) is 0 Å². The largest absolute Gasteiger partial charge is 0.479 e. The Hall–Kier alpha value is -2.55. The number of hydrogen-bond acceptors (Lipinski definition) is 11. The van der Waals surface area contributed by atoms with Gasteiger partial charge in [0.2, 0.25) is 0 Å². The van der Waals surface area contributed by atoms with Crippen molar-refractivity contribution in [1.82, 2.24) is 0 Å². The lowest BCUT2D eigenvalue weighted by Crippen LogP contribution is -2.66. The first kappa shape index (κ1) is 35.3. The van der Waals surface area contributed by atoms with Gasteiger partial charge in [-0.25, -0.2) is 9.59 Å². The van der Waals surface area contributed by atoms with Crippen LogP contribution >= 0.6 is 11.8 Å². The molecule has 2 aromatic carbocycles. The number of hydrogen-bond donors (Lipinski definition) is 3. The molecule has 10 atom stereocenters. The molecule has 2 aliphatic rings. The second-order valence-electron chi connectivity index (χ2n) is 11.2. The molecule has 2 heterocycles. The van der Waals surface area contributed by atoms with E-state index >= 15 is 0 Å². The predicted molar refractivity (Wildman–Crippen MR) is 167 cm³/mol. The first-order chi connectivity index (χ1) is 21.7. The molecule has 0 aromatic heterocycles. The number of unbranched alkanes of at least 4 members (excludes halogenated alkanes) is 2. The van der Waals surface area contributed by atoms with E-state index in [1.807, 2.05) is 44.2 Å². The van der Waals surface area contributed by atoms with E-state index in [2.05, 4.69) is 0 Å². The number of carbonyl (C=O) groups excluding carboxylic acids is 1. The van der Waals surface area contributed by atoms with E-state index in [1.54, 1.807) is 37.3 Å². The van der Waals surface area contributed by atoms with Crippen molar-refractivity contribution in [2.75, 3.05) is 13.2 Å². The van der Waals surface area contributed by atoms with Gasteiger partial charge in [0.25, 0.3) is 0 Å². The lowest BCUT2D eigenvalue weighted by molar-refractivity contribution is -0.332. The zero-order chi connectivity index (χ0) is 32.3. The van der Waals surface area contributed by atoms with Crippen molar-refractivity contribution in [3.8, 4) is 0 Å². The minimum absolute atomic E-state index is 0.258. The summed E-state index contributed by atoms with van der Waals surface area (Å²) in [6.07, 6.45) is -6.28. The Balaban J connectivity index is 1.63. The zero-order valence-electron chi connectivity index (χ0n) is 25.9. The van der Waals surface area contributed by atoms with Gasteiger partial charge in [0.15, 0.2) is 18.5 Å². The number of aliphatic hydroxyl groups excluding tert-OH is 1. The summed E-state index contributed by atoms with van der Waals surface area (Å²) >= 11 is 1.38. The summed E-state index contributed by atoms with van der Waals surface area (Å²) in [6.45, 7) is 6.24. The van der Waals surface area contributed by atoms with Crippen molar-refractivity contribution >= 4 is 23.7 Å². The number of carboxylic acids is 1. The lowest BCUT2D eigenvalue weighted by atomic mass is 9.96. The minimum atomic E-state index is -1.50. The highest BCUT2D eigenvalue weighted by atomic mass is 32.2. The number of aliphatic carboxylic acids is 1. The van der Waals surface area contributed by atoms with Gasteiger partial charge >= 0.3 is 11.9 Å². The third kappa shape index (κ3) is 9.26.